The molecule has 1 saturated carbocycles. The Bertz CT molecular complexity index is 1550. The third-order valence-corrected chi connectivity index (χ3v) is 7.34. The lowest BCUT2D eigenvalue weighted by Gasteiger charge is -2.31. The van der Waals surface area contributed by atoms with E-state index >= 15 is 0 Å². The fourth-order valence-electron chi connectivity index (χ4n) is 5.45. The molecule has 9 nitrogen and oxygen atoms in total. The summed E-state index contributed by atoms with van der Waals surface area (Å²) < 4.78 is 6.76. The molecule has 2 heterocycles. The predicted molar refractivity (Wildman–Crippen MR) is 142 cm³/mol. The van der Waals surface area contributed by atoms with Crippen molar-refractivity contribution in [3.05, 3.63) is 80.3 Å². The maximum atomic E-state index is 13.7. The molecule has 0 saturated heterocycles. The summed E-state index contributed by atoms with van der Waals surface area (Å²) in [5, 5.41) is 12.8. The van der Waals surface area contributed by atoms with Crippen LogP contribution in [0.4, 0.5) is 5.69 Å². The zero-order chi connectivity index (χ0) is 26.1. The van der Waals surface area contributed by atoms with Gasteiger partial charge in [0.1, 0.15) is 11.0 Å². The topological polar surface area (TPSA) is 110 Å². The van der Waals surface area contributed by atoms with Crippen LogP contribution in [0.3, 0.4) is 0 Å². The Labute approximate surface area is 213 Å². The number of fused-ring (bicyclic) bond motifs is 3. The maximum Gasteiger partial charge on any atom is 0.338 e. The Morgan fingerprint density at radius 2 is 1.89 bits per heavy atom. The van der Waals surface area contributed by atoms with Crippen LogP contribution < -0.4 is 5.56 Å². The molecule has 0 radical (unpaired) electrons. The molecular formula is C28H30N4O5. The van der Waals surface area contributed by atoms with E-state index in [9.17, 15) is 19.7 Å². The minimum absolute atomic E-state index is 0.0757. The number of nitro groups is 1. The highest BCUT2D eigenvalue weighted by Crippen LogP contribution is 2.31. The Morgan fingerprint density at radius 1 is 1.14 bits per heavy atom. The number of aromatic nitrogens is 2. The fraction of sp³-hybridized carbons (Fsp3) is 0.357. The third kappa shape index (κ3) is 4.62. The number of hydrogen-bond acceptors (Lipinski definition) is 6. The number of carbonyl (C=O) groups excluding carboxylic acids is 1. The largest absolute Gasteiger partial charge is 0.462 e. The number of carbonyl (C=O) groups is 1. The van der Waals surface area contributed by atoms with Crippen molar-refractivity contribution in [3.63, 3.8) is 0 Å². The first kappa shape index (κ1) is 24.7. The van der Waals surface area contributed by atoms with Gasteiger partial charge in [0, 0.05) is 35.6 Å². The Morgan fingerprint density at radius 3 is 2.62 bits per heavy atom. The van der Waals surface area contributed by atoms with Crippen molar-refractivity contribution in [1.82, 2.24) is 14.5 Å². The minimum Gasteiger partial charge on any atom is -0.462 e. The van der Waals surface area contributed by atoms with Gasteiger partial charge in [0.15, 0.2) is 0 Å². The van der Waals surface area contributed by atoms with E-state index in [4.69, 9.17) is 4.74 Å². The van der Waals surface area contributed by atoms with E-state index in [1.807, 2.05) is 0 Å². The molecule has 1 aliphatic rings. The third-order valence-electron chi connectivity index (χ3n) is 7.34. The van der Waals surface area contributed by atoms with Crippen LogP contribution in [-0.4, -0.2) is 45.0 Å². The summed E-state index contributed by atoms with van der Waals surface area (Å²) in [6.07, 6.45) is 7.61. The van der Waals surface area contributed by atoms with Crippen molar-refractivity contribution >= 4 is 33.5 Å². The van der Waals surface area contributed by atoms with Gasteiger partial charge in [-0.25, -0.2) is 4.79 Å². The molecule has 9 heteroatoms. The predicted octanol–water partition coefficient (Wildman–Crippen LogP) is 5.32. The molecule has 192 valence electrons. The molecule has 2 aromatic carbocycles. The second-order valence-electron chi connectivity index (χ2n) is 9.63. The van der Waals surface area contributed by atoms with E-state index in [0.29, 0.717) is 45.6 Å². The van der Waals surface area contributed by atoms with Crippen molar-refractivity contribution in [2.45, 2.75) is 51.6 Å². The quantitative estimate of drug-likeness (QED) is 0.208. The van der Waals surface area contributed by atoms with E-state index < -0.39 is 10.9 Å². The first-order valence-corrected chi connectivity index (χ1v) is 12.7. The SMILES string of the molecule is CCOC(=O)c1ccc(-n2ccc3c([nH]c4c([N+](=O)[O-])cccc43)c2=O)c(CN(C)C2CCCCC2)c1. The molecule has 0 spiro atoms. The fourth-order valence-corrected chi connectivity index (χ4v) is 5.45. The average Bonchev–Trinajstić information content (AvgIpc) is 3.29. The standard InChI is InChI=1S/C28H30N4O5/c1-3-37-28(34)18-12-13-23(19(16-18)17-30(2)20-8-5-4-6-9-20)31-15-14-22-21-10-7-11-24(32(35)36)25(21)29-26(22)27(31)33/h7,10-16,20,29H,3-6,8-9,17H2,1-2H3. The van der Waals surface area contributed by atoms with Crippen LogP contribution in [0.15, 0.2) is 53.5 Å². The summed E-state index contributed by atoms with van der Waals surface area (Å²) in [5.41, 5.74) is 2.17. The number of hydrogen-bond donors (Lipinski definition) is 1. The average molecular weight is 503 g/mol. The van der Waals surface area contributed by atoms with Crippen molar-refractivity contribution in [2.75, 3.05) is 13.7 Å². The van der Waals surface area contributed by atoms with Gasteiger partial charge in [-0.2, -0.15) is 0 Å². The summed E-state index contributed by atoms with van der Waals surface area (Å²) in [6, 6.07) is 12.3. The van der Waals surface area contributed by atoms with E-state index in [2.05, 4.69) is 16.9 Å². The highest BCUT2D eigenvalue weighted by molar-refractivity contribution is 6.09. The molecule has 5 rings (SSSR count). The van der Waals surface area contributed by atoms with Crippen molar-refractivity contribution < 1.29 is 14.5 Å². The smallest absolute Gasteiger partial charge is 0.338 e. The highest BCUT2D eigenvalue weighted by atomic mass is 16.6. The van der Waals surface area contributed by atoms with Crippen LogP contribution in [-0.2, 0) is 11.3 Å². The number of nitro benzene ring substituents is 1. The number of nitrogens with one attached hydrogen (secondary N) is 1. The summed E-state index contributed by atoms with van der Waals surface area (Å²) in [5.74, 6) is -0.402. The van der Waals surface area contributed by atoms with E-state index in [0.717, 1.165) is 18.4 Å². The monoisotopic (exact) mass is 502 g/mol. The van der Waals surface area contributed by atoms with Crippen LogP contribution in [0.5, 0.6) is 0 Å². The highest BCUT2D eigenvalue weighted by Gasteiger charge is 2.22. The van der Waals surface area contributed by atoms with Gasteiger partial charge in [0.05, 0.1) is 22.8 Å². The lowest BCUT2D eigenvalue weighted by molar-refractivity contribution is -0.383. The van der Waals surface area contributed by atoms with Gasteiger partial charge in [0.25, 0.3) is 11.2 Å². The van der Waals surface area contributed by atoms with Gasteiger partial charge in [-0.1, -0.05) is 31.4 Å². The number of rotatable bonds is 7. The number of pyridine rings is 1. The number of aromatic amines is 1. The van der Waals surface area contributed by atoms with Crippen LogP contribution >= 0.6 is 0 Å². The molecule has 0 aliphatic heterocycles. The second kappa shape index (κ2) is 10.2. The van der Waals surface area contributed by atoms with Crippen LogP contribution in [0.2, 0.25) is 0 Å². The normalized spacial score (nSPS) is 14.5. The maximum absolute atomic E-state index is 13.7. The molecule has 0 bridgehead atoms. The Hall–Kier alpha value is -3.98. The number of non-ortho nitro benzene ring substituents is 1. The summed E-state index contributed by atoms with van der Waals surface area (Å²) >= 11 is 0. The number of esters is 1. The molecule has 0 amide bonds. The lowest BCUT2D eigenvalue weighted by Crippen LogP contribution is -2.33. The molecular weight excluding hydrogens is 472 g/mol. The van der Waals surface area contributed by atoms with E-state index in [-0.39, 0.29) is 17.9 Å². The molecule has 1 fully saturated rings. The molecule has 0 atom stereocenters. The van der Waals surface area contributed by atoms with Crippen molar-refractivity contribution in [2.24, 2.45) is 0 Å². The molecule has 37 heavy (non-hydrogen) atoms. The zero-order valence-corrected chi connectivity index (χ0v) is 21.0. The Balaban J connectivity index is 1.63. The molecule has 4 aromatic rings. The number of nitrogens with zero attached hydrogens (tertiary/aromatic N) is 3. The van der Waals surface area contributed by atoms with Crippen molar-refractivity contribution in [3.8, 4) is 5.69 Å². The molecule has 2 aromatic heterocycles. The molecule has 1 aliphatic carbocycles. The lowest BCUT2D eigenvalue weighted by atomic mass is 9.94. The summed E-state index contributed by atoms with van der Waals surface area (Å²) in [6.45, 7) is 2.61. The van der Waals surface area contributed by atoms with Gasteiger partial charge in [-0.15, -0.1) is 0 Å². The van der Waals surface area contributed by atoms with Gasteiger partial charge in [-0.05, 0) is 56.6 Å². The second-order valence-corrected chi connectivity index (χ2v) is 9.63. The van der Waals surface area contributed by atoms with Crippen LogP contribution in [0, 0.1) is 10.1 Å². The molecule has 0 unspecified atom stereocenters. The zero-order valence-electron chi connectivity index (χ0n) is 21.0. The number of H-pyrrole nitrogens is 1. The molecule has 1 N–H and O–H groups in total. The number of ether oxygens (including phenoxy) is 1. The number of benzene rings is 2. The summed E-state index contributed by atoms with van der Waals surface area (Å²) in [4.78, 5) is 42.6. The van der Waals surface area contributed by atoms with Crippen molar-refractivity contribution in [1.29, 1.82) is 0 Å². The van der Waals surface area contributed by atoms with Crippen LogP contribution in [0.1, 0.15) is 54.9 Å². The first-order chi connectivity index (χ1) is 17.9. The first-order valence-electron chi connectivity index (χ1n) is 12.7. The van der Waals surface area contributed by atoms with Gasteiger partial charge < -0.3 is 9.72 Å². The Kier molecular flexibility index (Phi) is 6.80. The minimum atomic E-state index is -0.455. The van der Waals surface area contributed by atoms with E-state index in [1.54, 1.807) is 54.1 Å². The summed E-state index contributed by atoms with van der Waals surface area (Å²) in [7, 11) is 2.08. The number of para-hydroxylation sites is 1. The van der Waals surface area contributed by atoms with E-state index in [1.165, 1.54) is 25.3 Å². The van der Waals surface area contributed by atoms with Gasteiger partial charge in [-0.3, -0.25) is 24.4 Å². The van der Waals surface area contributed by atoms with Gasteiger partial charge in [0.2, 0.25) is 0 Å². The van der Waals surface area contributed by atoms with Gasteiger partial charge >= 0.3 is 5.97 Å². The van der Waals surface area contributed by atoms with Crippen LogP contribution in [0.25, 0.3) is 27.5 Å².